The molecule has 0 aliphatic carbocycles. The number of benzene rings is 2. The van der Waals surface area contributed by atoms with E-state index in [0.29, 0.717) is 16.7 Å². The molecular formula is C16H17N5O4S. The number of aromatic nitrogens is 3. The number of nitrogens with zero attached hydrogens (tertiary/aromatic N) is 4. The van der Waals surface area contributed by atoms with Gasteiger partial charge in [0, 0.05) is 19.8 Å². The Morgan fingerprint density at radius 2 is 1.92 bits per heavy atom. The first-order valence-corrected chi connectivity index (χ1v) is 9.08. The van der Waals surface area contributed by atoms with Crippen LogP contribution >= 0.6 is 0 Å². The van der Waals surface area contributed by atoms with Crippen LogP contribution in [0.4, 0.5) is 5.69 Å². The predicted molar refractivity (Wildman–Crippen MR) is 94.9 cm³/mol. The van der Waals surface area contributed by atoms with Gasteiger partial charge in [-0.25, -0.2) is 12.7 Å². The average Bonchev–Trinajstić information content (AvgIpc) is 3.03. The second-order valence-electron chi connectivity index (χ2n) is 5.59. The van der Waals surface area contributed by atoms with Crippen molar-refractivity contribution in [1.29, 1.82) is 0 Å². The molecule has 3 rings (SSSR count). The number of fused-ring (bicyclic) bond motifs is 1. The second kappa shape index (κ2) is 7.10. The van der Waals surface area contributed by atoms with Crippen LogP contribution in [0.2, 0.25) is 0 Å². The van der Waals surface area contributed by atoms with Crippen molar-refractivity contribution >= 4 is 32.7 Å². The summed E-state index contributed by atoms with van der Waals surface area (Å²) < 4.78 is 25.6. The van der Waals surface area contributed by atoms with Crippen molar-refractivity contribution < 1.29 is 18.0 Å². The van der Waals surface area contributed by atoms with E-state index in [0.717, 1.165) is 9.15 Å². The minimum absolute atomic E-state index is 0.0795. The summed E-state index contributed by atoms with van der Waals surface area (Å²) >= 11 is 0. The van der Waals surface area contributed by atoms with E-state index in [9.17, 15) is 13.2 Å². The zero-order chi connectivity index (χ0) is 18.7. The van der Waals surface area contributed by atoms with Crippen molar-refractivity contribution in [2.75, 3.05) is 26.0 Å². The Labute approximate surface area is 150 Å². The van der Waals surface area contributed by atoms with Crippen LogP contribution < -0.4 is 10.2 Å². The van der Waals surface area contributed by atoms with Gasteiger partial charge in [-0.2, -0.15) is 0 Å². The topological polar surface area (TPSA) is 106 Å². The molecule has 3 aromatic rings. The Morgan fingerprint density at radius 3 is 2.62 bits per heavy atom. The fourth-order valence-electron chi connectivity index (χ4n) is 2.18. The molecule has 0 fully saturated rings. The fraction of sp³-hybridized carbons (Fsp3) is 0.188. The molecular weight excluding hydrogens is 358 g/mol. The molecule has 0 unspecified atom stereocenters. The molecule has 1 aromatic heterocycles. The highest BCUT2D eigenvalue weighted by Gasteiger charge is 2.19. The summed E-state index contributed by atoms with van der Waals surface area (Å²) in [5.74, 6) is -0.378. The van der Waals surface area contributed by atoms with E-state index in [2.05, 4.69) is 15.6 Å². The third-order valence-corrected chi connectivity index (χ3v) is 5.35. The van der Waals surface area contributed by atoms with Crippen LogP contribution in [-0.2, 0) is 14.8 Å². The lowest BCUT2D eigenvalue weighted by Crippen LogP contribution is -2.26. The molecule has 136 valence electrons. The maximum absolute atomic E-state index is 12.2. The monoisotopic (exact) mass is 375 g/mol. The maximum Gasteiger partial charge on any atom is 0.265 e. The number of carbonyl (C=O) groups is 1. The van der Waals surface area contributed by atoms with Gasteiger partial charge in [0.15, 0.2) is 6.61 Å². The average molecular weight is 375 g/mol. The summed E-state index contributed by atoms with van der Waals surface area (Å²) in [6.07, 6.45) is 0. The molecule has 0 bridgehead atoms. The first-order chi connectivity index (χ1) is 12.4. The van der Waals surface area contributed by atoms with Crippen LogP contribution in [0.1, 0.15) is 0 Å². The smallest absolute Gasteiger partial charge is 0.265 e. The first-order valence-electron chi connectivity index (χ1n) is 7.64. The molecule has 26 heavy (non-hydrogen) atoms. The number of para-hydroxylation sites is 1. The van der Waals surface area contributed by atoms with Crippen LogP contribution in [0.5, 0.6) is 0 Å². The van der Waals surface area contributed by atoms with E-state index in [1.54, 1.807) is 24.3 Å². The van der Waals surface area contributed by atoms with Gasteiger partial charge in [0.05, 0.1) is 4.90 Å². The Kier molecular flexibility index (Phi) is 4.87. The van der Waals surface area contributed by atoms with Gasteiger partial charge in [0.2, 0.25) is 10.0 Å². The van der Waals surface area contributed by atoms with Crippen LogP contribution in [0.25, 0.3) is 11.0 Å². The highest BCUT2D eigenvalue weighted by molar-refractivity contribution is 7.89. The molecule has 0 saturated heterocycles. The Hall–Kier alpha value is -2.98. The number of hydrogen-bond donors (Lipinski definition) is 1. The first kappa shape index (κ1) is 17.8. The summed E-state index contributed by atoms with van der Waals surface area (Å²) in [5, 5.41) is 10.4. The van der Waals surface area contributed by atoms with E-state index in [-0.39, 0.29) is 17.4 Å². The van der Waals surface area contributed by atoms with Crippen molar-refractivity contribution in [2.45, 2.75) is 4.90 Å². The van der Waals surface area contributed by atoms with Crippen LogP contribution in [-0.4, -0.2) is 54.5 Å². The van der Waals surface area contributed by atoms with Crippen LogP contribution in [0, 0.1) is 0 Å². The lowest BCUT2D eigenvalue weighted by molar-refractivity contribution is -0.121. The molecule has 2 aromatic carbocycles. The fourth-order valence-corrected chi connectivity index (χ4v) is 3.11. The van der Waals surface area contributed by atoms with E-state index < -0.39 is 10.0 Å². The van der Waals surface area contributed by atoms with E-state index in [4.69, 9.17) is 4.84 Å². The van der Waals surface area contributed by atoms with Gasteiger partial charge >= 0.3 is 0 Å². The largest absolute Gasteiger partial charge is 0.385 e. The number of carbonyl (C=O) groups excluding carboxylic acids is 1. The minimum Gasteiger partial charge on any atom is -0.385 e. The highest BCUT2D eigenvalue weighted by Crippen LogP contribution is 2.19. The summed E-state index contributed by atoms with van der Waals surface area (Å²) in [6.45, 7) is -0.308. The summed E-state index contributed by atoms with van der Waals surface area (Å²) in [7, 11) is -0.717. The quantitative estimate of drug-likeness (QED) is 0.681. The van der Waals surface area contributed by atoms with E-state index >= 15 is 0 Å². The van der Waals surface area contributed by atoms with Crippen LogP contribution in [0.15, 0.2) is 53.4 Å². The van der Waals surface area contributed by atoms with Crippen molar-refractivity contribution in [2.24, 2.45) is 0 Å². The van der Waals surface area contributed by atoms with Crippen molar-refractivity contribution in [3.05, 3.63) is 48.5 Å². The summed E-state index contributed by atoms with van der Waals surface area (Å²) in [5.41, 5.74) is 1.44. The van der Waals surface area contributed by atoms with Gasteiger partial charge in [-0.3, -0.25) is 4.79 Å². The second-order valence-corrected chi connectivity index (χ2v) is 7.74. The number of sulfonamides is 1. The normalized spacial score (nSPS) is 11.7. The molecule has 9 nitrogen and oxygen atoms in total. The molecule has 0 aliphatic heterocycles. The van der Waals surface area contributed by atoms with Crippen LogP contribution in [0.3, 0.4) is 0 Å². The molecule has 10 heteroatoms. The van der Waals surface area contributed by atoms with Gasteiger partial charge < -0.3 is 10.2 Å². The maximum atomic E-state index is 12.2. The number of hydrogen-bond acceptors (Lipinski definition) is 6. The highest BCUT2D eigenvalue weighted by atomic mass is 32.2. The van der Waals surface area contributed by atoms with Gasteiger partial charge in [-0.05, 0) is 35.5 Å². The molecule has 1 heterocycles. The van der Waals surface area contributed by atoms with E-state index in [1.165, 1.54) is 32.3 Å². The number of rotatable bonds is 6. The summed E-state index contributed by atoms with van der Waals surface area (Å²) in [4.78, 5) is 18.4. The SMILES string of the molecule is CN(C)S(=O)(=O)c1ccc2nnn(OCC(=O)Nc3ccccc3)c2c1. The Balaban J connectivity index is 1.77. The van der Waals surface area contributed by atoms with Crippen molar-refractivity contribution in [1.82, 2.24) is 19.5 Å². The predicted octanol–water partition coefficient (Wildman–Crippen LogP) is 0.749. The zero-order valence-corrected chi connectivity index (χ0v) is 15.0. The van der Waals surface area contributed by atoms with Gasteiger partial charge in [-0.15, -0.1) is 5.10 Å². The number of amides is 1. The lowest BCUT2D eigenvalue weighted by atomic mass is 10.3. The lowest BCUT2D eigenvalue weighted by Gasteiger charge is -2.11. The summed E-state index contributed by atoms with van der Waals surface area (Å²) in [6, 6.07) is 13.3. The minimum atomic E-state index is -3.61. The number of anilines is 1. The number of nitrogens with one attached hydrogen (secondary N) is 1. The molecule has 0 atom stereocenters. The Bertz CT molecular complexity index is 1030. The van der Waals surface area contributed by atoms with Gasteiger partial charge in [0.25, 0.3) is 5.91 Å². The van der Waals surface area contributed by atoms with Gasteiger partial charge in [-0.1, -0.05) is 23.0 Å². The standard InChI is InChI=1S/C16H17N5O4S/c1-20(2)26(23,24)13-8-9-14-15(10-13)21(19-18-14)25-11-16(22)17-12-6-4-3-5-7-12/h3-10H,11H2,1-2H3,(H,17,22). The molecule has 0 aliphatic rings. The molecule has 0 saturated carbocycles. The molecule has 0 radical (unpaired) electrons. The third kappa shape index (κ3) is 3.65. The molecule has 1 N–H and O–H groups in total. The molecule has 0 spiro atoms. The Morgan fingerprint density at radius 1 is 1.19 bits per heavy atom. The third-order valence-electron chi connectivity index (χ3n) is 3.54. The molecule has 1 amide bonds. The van der Waals surface area contributed by atoms with Gasteiger partial charge in [0.1, 0.15) is 11.0 Å². The zero-order valence-electron chi connectivity index (χ0n) is 14.2. The van der Waals surface area contributed by atoms with Crippen molar-refractivity contribution in [3.63, 3.8) is 0 Å². The van der Waals surface area contributed by atoms with E-state index in [1.807, 2.05) is 6.07 Å². The van der Waals surface area contributed by atoms with Crippen molar-refractivity contribution in [3.8, 4) is 0 Å².